The molecule has 2 aromatic carbocycles. The Morgan fingerprint density at radius 1 is 0.943 bits per heavy atom. The minimum Gasteiger partial charge on any atom is -0.493 e. The van der Waals surface area contributed by atoms with Crippen LogP contribution >= 0.6 is 11.3 Å². The third-order valence-corrected chi connectivity index (χ3v) is 7.48. The number of fused-ring (bicyclic) bond motifs is 1. The summed E-state index contributed by atoms with van der Waals surface area (Å²) in [4.78, 5) is 3.60. The number of nitrogens with zero attached hydrogens (tertiary/aromatic N) is 1. The Balaban J connectivity index is 1.50. The Morgan fingerprint density at radius 2 is 1.74 bits per heavy atom. The molecule has 0 atom stereocenters. The van der Waals surface area contributed by atoms with Gasteiger partial charge in [0.15, 0.2) is 11.5 Å². The molecule has 1 fully saturated rings. The molecule has 2 N–H and O–H groups in total. The van der Waals surface area contributed by atoms with E-state index in [0.29, 0.717) is 29.6 Å². The predicted molar refractivity (Wildman–Crippen MR) is 143 cm³/mol. The first kappa shape index (κ1) is 23.6. The van der Waals surface area contributed by atoms with E-state index in [-0.39, 0.29) is 0 Å². The van der Waals surface area contributed by atoms with E-state index in [0.717, 1.165) is 45.7 Å². The predicted octanol–water partition coefficient (Wildman–Crippen LogP) is 6.68. The molecule has 1 aliphatic rings. The molecule has 3 heterocycles. The molecule has 0 unspecified atom stereocenters. The SMILES string of the molecule is COc1ccc(-c2cc(OCCCN3CCCCC3)c3c(-c4cccs4)c(N)oc3c2)cc1OC. The molecule has 5 rings (SSSR count). The minimum absolute atomic E-state index is 0.407. The lowest BCUT2D eigenvalue weighted by atomic mass is 10.0. The van der Waals surface area contributed by atoms with E-state index in [1.807, 2.05) is 35.7 Å². The zero-order chi connectivity index (χ0) is 24.2. The van der Waals surface area contributed by atoms with Gasteiger partial charge in [-0.3, -0.25) is 0 Å². The van der Waals surface area contributed by atoms with Gasteiger partial charge in [0.25, 0.3) is 0 Å². The molecule has 1 saturated heterocycles. The van der Waals surface area contributed by atoms with Gasteiger partial charge in [-0.05, 0) is 79.2 Å². The lowest BCUT2D eigenvalue weighted by molar-refractivity contribution is 0.205. The summed E-state index contributed by atoms with van der Waals surface area (Å²) in [5.41, 5.74) is 9.94. The molecule has 35 heavy (non-hydrogen) atoms. The number of furan rings is 1. The number of nitrogens with two attached hydrogens (primary N) is 1. The van der Waals surface area contributed by atoms with Crippen molar-refractivity contribution in [3.8, 4) is 38.8 Å². The highest BCUT2D eigenvalue weighted by atomic mass is 32.1. The summed E-state index contributed by atoms with van der Waals surface area (Å²) < 4.78 is 23.4. The number of anilines is 1. The van der Waals surface area contributed by atoms with Gasteiger partial charge < -0.3 is 29.3 Å². The van der Waals surface area contributed by atoms with E-state index >= 15 is 0 Å². The summed E-state index contributed by atoms with van der Waals surface area (Å²) in [6.45, 7) is 4.08. The molecule has 2 aromatic heterocycles. The summed E-state index contributed by atoms with van der Waals surface area (Å²) in [5.74, 6) is 2.56. The van der Waals surface area contributed by atoms with Crippen molar-refractivity contribution >= 4 is 28.2 Å². The van der Waals surface area contributed by atoms with Crippen LogP contribution in [0.3, 0.4) is 0 Å². The van der Waals surface area contributed by atoms with Gasteiger partial charge in [-0.25, -0.2) is 0 Å². The average Bonchev–Trinajstić information content (AvgIpc) is 3.53. The standard InChI is InChI=1S/C28H32N2O4S/c1-31-21-10-9-19(16-22(21)32-2)20-17-23(33-14-7-13-30-11-4-3-5-12-30)26-24(18-20)34-28(29)27(26)25-8-6-15-35-25/h6,8-10,15-18H,3-5,7,11-14,29H2,1-2H3. The molecule has 0 bridgehead atoms. The zero-order valence-corrected chi connectivity index (χ0v) is 21.2. The van der Waals surface area contributed by atoms with Gasteiger partial charge in [-0.2, -0.15) is 0 Å². The average molecular weight is 493 g/mol. The fourth-order valence-corrected chi connectivity index (χ4v) is 5.61. The monoisotopic (exact) mass is 492 g/mol. The maximum atomic E-state index is 6.43. The van der Waals surface area contributed by atoms with Crippen LogP contribution in [0.15, 0.2) is 52.3 Å². The van der Waals surface area contributed by atoms with E-state index in [2.05, 4.69) is 17.0 Å². The summed E-state index contributed by atoms with van der Waals surface area (Å²) in [7, 11) is 3.28. The second-order valence-corrected chi connectivity index (χ2v) is 9.79. The molecule has 0 saturated carbocycles. The van der Waals surface area contributed by atoms with Gasteiger partial charge in [0.2, 0.25) is 5.88 Å². The number of rotatable bonds is 9. The maximum absolute atomic E-state index is 6.43. The number of benzene rings is 2. The highest BCUT2D eigenvalue weighted by Gasteiger charge is 2.21. The van der Waals surface area contributed by atoms with Crippen molar-refractivity contribution in [1.29, 1.82) is 0 Å². The molecule has 184 valence electrons. The van der Waals surface area contributed by atoms with E-state index in [4.69, 9.17) is 24.4 Å². The van der Waals surface area contributed by atoms with E-state index in [1.165, 1.54) is 32.4 Å². The minimum atomic E-state index is 0.407. The lowest BCUT2D eigenvalue weighted by Gasteiger charge is -2.26. The normalized spacial score (nSPS) is 14.3. The molecule has 7 heteroatoms. The second-order valence-electron chi connectivity index (χ2n) is 8.84. The van der Waals surface area contributed by atoms with Gasteiger partial charge >= 0.3 is 0 Å². The Morgan fingerprint density at radius 3 is 2.49 bits per heavy atom. The number of likely N-dealkylation sites (tertiary alicyclic amines) is 1. The third-order valence-electron chi connectivity index (χ3n) is 6.59. The van der Waals surface area contributed by atoms with Crippen molar-refractivity contribution in [2.75, 3.05) is 46.2 Å². The lowest BCUT2D eigenvalue weighted by Crippen LogP contribution is -2.31. The number of hydrogen-bond acceptors (Lipinski definition) is 7. The largest absolute Gasteiger partial charge is 0.493 e. The number of methoxy groups -OCH3 is 2. The molecule has 0 spiro atoms. The Kier molecular flexibility index (Phi) is 7.16. The molecule has 0 radical (unpaired) electrons. The van der Waals surface area contributed by atoms with Crippen LogP contribution in [0.4, 0.5) is 5.88 Å². The first-order valence-electron chi connectivity index (χ1n) is 12.2. The van der Waals surface area contributed by atoms with Crippen molar-refractivity contribution in [2.45, 2.75) is 25.7 Å². The van der Waals surface area contributed by atoms with Gasteiger partial charge in [0, 0.05) is 11.4 Å². The van der Waals surface area contributed by atoms with E-state index < -0.39 is 0 Å². The molecule has 0 aliphatic carbocycles. The van der Waals surface area contributed by atoms with Crippen LogP contribution in [-0.4, -0.2) is 45.4 Å². The number of piperidine rings is 1. The van der Waals surface area contributed by atoms with Crippen molar-refractivity contribution in [3.63, 3.8) is 0 Å². The number of hydrogen-bond donors (Lipinski definition) is 1. The Labute approximate surface area is 210 Å². The molecule has 1 aliphatic heterocycles. The number of thiophene rings is 1. The van der Waals surface area contributed by atoms with Crippen molar-refractivity contribution < 1.29 is 18.6 Å². The van der Waals surface area contributed by atoms with Crippen LogP contribution in [0.2, 0.25) is 0 Å². The van der Waals surface area contributed by atoms with E-state index in [1.54, 1.807) is 25.6 Å². The Bertz CT molecular complexity index is 1280. The number of ether oxygens (including phenoxy) is 3. The highest BCUT2D eigenvalue weighted by molar-refractivity contribution is 7.13. The molecule has 6 nitrogen and oxygen atoms in total. The smallest absolute Gasteiger partial charge is 0.200 e. The first-order chi connectivity index (χ1) is 17.2. The van der Waals surface area contributed by atoms with Crippen LogP contribution in [0.25, 0.3) is 32.5 Å². The topological polar surface area (TPSA) is 70.1 Å². The third kappa shape index (κ3) is 4.97. The first-order valence-corrected chi connectivity index (χ1v) is 13.0. The maximum Gasteiger partial charge on any atom is 0.200 e. The zero-order valence-electron chi connectivity index (χ0n) is 20.3. The molecule has 0 amide bonds. The summed E-state index contributed by atoms with van der Waals surface area (Å²) in [6.07, 6.45) is 4.92. The molecule has 4 aromatic rings. The second kappa shape index (κ2) is 10.6. The van der Waals surface area contributed by atoms with E-state index in [9.17, 15) is 0 Å². The molecular weight excluding hydrogens is 460 g/mol. The summed E-state index contributed by atoms with van der Waals surface area (Å²) >= 11 is 1.64. The van der Waals surface area contributed by atoms with Gasteiger partial charge in [-0.1, -0.05) is 18.6 Å². The van der Waals surface area contributed by atoms with Crippen LogP contribution in [0.1, 0.15) is 25.7 Å². The fourth-order valence-electron chi connectivity index (χ4n) is 4.82. The van der Waals surface area contributed by atoms with Crippen molar-refractivity contribution in [2.24, 2.45) is 0 Å². The van der Waals surface area contributed by atoms with Crippen molar-refractivity contribution in [1.82, 2.24) is 4.90 Å². The van der Waals surface area contributed by atoms with Gasteiger partial charge in [0.1, 0.15) is 11.3 Å². The fraction of sp³-hybridized carbons (Fsp3) is 0.357. The van der Waals surface area contributed by atoms with Crippen LogP contribution in [0.5, 0.6) is 17.2 Å². The van der Waals surface area contributed by atoms with Crippen LogP contribution in [0, 0.1) is 0 Å². The van der Waals surface area contributed by atoms with Gasteiger partial charge in [-0.15, -0.1) is 11.3 Å². The summed E-state index contributed by atoms with van der Waals surface area (Å²) in [5, 5.41) is 2.97. The van der Waals surface area contributed by atoms with Crippen molar-refractivity contribution in [3.05, 3.63) is 47.8 Å². The highest BCUT2D eigenvalue weighted by Crippen LogP contribution is 2.46. The van der Waals surface area contributed by atoms with Crippen LogP contribution in [-0.2, 0) is 0 Å². The van der Waals surface area contributed by atoms with Crippen LogP contribution < -0.4 is 19.9 Å². The molecular formula is C28H32N2O4S. The number of nitrogen functional groups attached to an aromatic ring is 1. The summed E-state index contributed by atoms with van der Waals surface area (Å²) in [6, 6.07) is 14.1. The quantitative estimate of drug-likeness (QED) is 0.263. The Hall–Kier alpha value is -3.16. The van der Waals surface area contributed by atoms with Gasteiger partial charge in [0.05, 0.1) is 31.8 Å².